The monoisotopic (exact) mass is 422 g/mol. The molecule has 0 spiro atoms. The summed E-state index contributed by atoms with van der Waals surface area (Å²) in [7, 11) is 1.62. The number of esters is 1. The van der Waals surface area contributed by atoms with Gasteiger partial charge in [-0.05, 0) is 23.6 Å². The molecule has 0 bridgehead atoms. The Bertz CT molecular complexity index is 953. The first-order valence-corrected chi connectivity index (χ1v) is 10.3. The highest BCUT2D eigenvalue weighted by molar-refractivity contribution is 6.22. The van der Waals surface area contributed by atoms with Crippen LogP contribution in [0.5, 0.6) is 0 Å². The van der Waals surface area contributed by atoms with Gasteiger partial charge < -0.3 is 9.64 Å². The van der Waals surface area contributed by atoms with Crippen LogP contribution in [-0.4, -0.2) is 53.2 Å². The number of amides is 3. The standard InChI is InChI=1S/C24H26N2O5/c1-4-16(2)21(26-22(28)18-12-8-9-13-19(18)23(26)29)24(30)31-15-20(27)25(3)14-17-10-6-5-7-11-17/h5-13,16,21H,4,14-15H2,1-3H3/t16-,21-/m0/s1. The number of ether oxygens (including phenoxy) is 1. The summed E-state index contributed by atoms with van der Waals surface area (Å²) in [6.45, 7) is 3.56. The summed E-state index contributed by atoms with van der Waals surface area (Å²) in [4.78, 5) is 53.5. The number of likely N-dealkylation sites (N-methyl/N-ethyl adjacent to an activating group) is 1. The Labute approximate surface area is 181 Å². The van der Waals surface area contributed by atoms with Gasteiger partial charge in [-0.25, -0.2) is 4.79 Å². The molecular formula is C24H26N2O5. The summed E-state index contributed by atoms with van der Waals surface area (Å²) >= 11 is 0. The number of carbonyl (C=O) groups excluding carboxylic acids is 4. The fourth-order valence-electron chi connectivity index (χ4n) is 3.55. The third kappa shape index (κ3) is 4.66. The van der Waals surface area contributed by atoms with E-state index in [1.165, 1.54) is 4.90 Å². The van der Waals surface area contributed by atoms with Gasteiger partial charge in [0.05, 0.1) is 11.1 Å². The quantitative estimate of drug-likeness (QED) is 0.482. The molecule has 7 heteroatoms. The lowest BCUT2D eigenvalue weighted by Crippen LogP contribution is -2.49. The van der Waals surface area contributed by atoms with Gasteiger partial charge in [0.1, 0.15) is 6.04 Å². The van der Waals surface area contributed by atoms with Crippen LogP contribution in [0.25, 0.3) is 0 Å². The SMILES string of the molecule is CC[C@H](C)[C@@H](C(=O)OCC(=O)N(C)Cc1ccccc1)N1C(=O)c2ccccc2C1=O. The van der Waals surface area contributed by atoms with Crippen molar-refractivity contribution in [1.82, 2.24) is 9.80 Å². The molecule has 0 unspecified atom stereocenters. The average molecular weight is 422 g/mol. The van der Waals surface area contributed by atoms with Crippen molar-refractivity contribution < 1.29 is 23.9 Å². The van der Waals surface area contributed by atoms with E-state index < -0.39 is 30.4 Å². The molecule has 7 nitrogen and oxygen atoms in total. The van der Waals surface area contributed by atoms with Crippen LogP contribution < -0.4 is 0 Å². The zero-order valence-electron chi connectivity index (χ0n) is 17.9. The largest absolute Gasteiger partial charge is 0.454 e. The first-order valence-electron chi connectivity index (χ1n) is 10.3. The number of carbonyl (C=O) groups is 4. The number of imide groups is 1. The van der Waals surface area contributed by atoms with E-state index in [2.05, 4.69) is 0 Å². The number of fused-ring (bicyclic) bond motifs is 1. The normalized spacial score (nSPS) is 14.7. The summed E-state index contributed by atoms with van der Waals surface area (Å²) in [6, 6.07) is 14.8. The van der Waals surface area contributed by atoms with Crippen molar-refractivity contribution in [2.24, 2.45) is 5.92 Å². The van der Waals surface area contributed by atoms with Crippen molar-refractivity contribution in [2.45, 2.75) is 32.9 Å². The van der Waals surface area contributed by atoms with Crippen LogP contribution >= 0.6 is 0 Å². The van der Waals surface area contributed by atoms with Gasteiger partial charge in [-0.2, -0.15) is 0 Å². The summed E-state index contributed by atoms with van der Waals surface area (Å²) in [5.41, 5.74) is 1.49. The lowest BCUT2D eigenvalue weighted by atomic mass is 9.97. The topological polar surface area (TPSA) is 84.0 Å². The van der Waals surface area contributed by atoms with Gasteiger partial charge in [0.25, 0.3) is 17.7 Å². The van der Waals surface area contributed by atoms with Crippen molar-refractivity contribution in [1.29, 1.82) is 0 Å². The summed E-state index contributed by atoms with van der Waals surface area (Å²) in [6.07, 6.45) is 0.551. The smallest absolute Gasteiger partial charge is 0.330 e. The van der Waals surface area contributed by atoms with Crippen LogP contribution in [-0.2, 0) is 20.9 Å². The van der Waals surface area contributed by atoms with E-state index in [9.17, 15) is 19.2 Å². The van der Waals surface area contributed by atoms with Crippen LogP contribution in [0.4, 0.5) is 0 Å². The second kappa shape index (κ2) is 9.55. The zero-order valence-corrected chi connectivity index (χ0v) is 17.9. The molecule has 0 aliphatic carbocycles. The molecule has 0 saturated carbocycles. The summed E-state index contributed by atoms with van der Waals surface area (Å²) in [5.74, 6) is -2.50. The van der Waals surface area contributed by atoms with Crippen LogP contribution in [0.2, 0.25) is 0 Å². The minimum Gasteiger partial charge on any atom is -0.454 e. The Hall–Kier alpha value is -3.48. The highest BCUT2D eigenvalue weighted by Crippen LogP contribution is 2.28. The first kappa shape index (κ1) is 22.2. The molecule has 0 saturated heterocycles. The van der Waals surface area contributed by atoms with E-state index in [0.29, 0.717) is 13.0 Å². The molecule has 2 aromatic carbocycles. The third-order valence-electron chi connectivity index (χ3n) is 5.55. The van der Waals surface area contributed by atoms with Crippen molar-refractivity contribution >= 4 is 23.7 Å². The van der Waals surface area contributed by atoms with Crippen molar-refractivity contribution in [3.63, 3.8) is 0 Å². The van der Waals surface area contributed by atoms with Gasteiger partial charge in [-0.1, -0.05) is 62.7 Å². The molecule has 1 heterocycles. The number of hydrogen-bond acceptors (Lipinski definition) is 5. The lowest BCUT2D eigenvalue weighted by Gasteiger charge is -2.29. The summed E-state index contributed by atoms with van der Waals surface area (Å²) < 4.78 is 5.28. The van der Waals surface area contributed by atoms with E-state index in [1.807, 2.05) is 37.3 Å². The zero-order chi connectivity index (χ0) is 22.5. The predicted molar refractivity (Wildman–Crippen MR) is 114 cm³/mol. The van der Waals surface area contributed by atoms with Crippen molar-refractivity contribution in [3.05, 3.63) is 71.3 Å². The van der Waals surface area contributed by atoms with E-state index >= 15 is 0 Å². The van der Waals surface area contributed by atoms with Gasteiger partial charge in [0.15, 0.2) is 6.61 Å². The minimum atomic E-state index is -1.09. The van der Waals surface area contributed by atoms with Crippen LogP contribution in [0.3, 0.4) is 0 Å². The van der Waals surface area contributed by atoms with Crippen LogP contribution in [0.1, 0.15) is 46.5 Å². The predicted octanol–water partition coefficient (Wildman–Crippen LogP) is 2.90. The maximum absolute atomic E-state index is 12.9. The number of benzene rings is 2. The highest BCUT2D eigenvalue weighted by Gasteiger charge is 2.45. The van der Waals surface area contributed by atoms with Gasteiger partial charge in [-0.3, -0.25) is 19.3 Å². The minimum absolute atomic E-state index is 0.271. The van der Waals surface area contributed by atoms with Gasteiger partial charge in [0, 0.05) is 13.6 Å². The molecule has 2 atom stereocenters. The van der Waals surface area contributed by atoms with E-state index in [4.69, 9.17) is 4.74 Å². The maximum atomic E-state index is 12.9. The fraction of sp³-hybridized carbons (Fsp3) is 0.333. The Morgan fingerprint density at radius 3 is 2.06 bits per heavy atom. The Morgan fingerprint density at radius 2 is 1.52 bits per heavy atom. The molecule has 3 amide bonds. The molecule has 162 valence electrons. The van der Waals surface area contributed by atoms with Crippen molar-refractivity contribution in [2.75, 3.05) is 13.7 Å². The van der Waals surface area contributed by atoms with Gasteiger partial charge in [0.2, 0.25) is 0 Å². The molecule has 0 fully saturated rings. The molecule has 0 aromatic heterocycles. The highest BCUT2D eigenvalue weighted by atomic mass is 16.5. The molecule has 3 rings (SSSR count). The second-order valence-corrected chi connectivity index (χ2v) is 7.70. The molecule has 1 aliphatic heterocycles. The molecule has 0 radical (unpaired) electrons. The van der Waals surface area contributed by atoms with E-state index in [0.717, 1.165) is 10.5 Å². The third-order valence-corrected chi connectivity index (χ3v) is 5.55. The maximum Gasteiger partial charge on any atom is 0.330 e. The molecular weight excluding hydrogens is 396 g/mol. The number of hydrogen-bond donors (Lipinski definition) is 0. The van der Waals surface area contributed by atoms with Crippen LogP contribution in [0, 0.1) is 5.92 Å². The Morgan fingerprint density at radius 1 is 0.968 bits per heavy atom. The first-order chi connectivity index (χ1) is 14.8. The molecule has 2 aromatic rings. The van der Waals surface area contributed by atoms with Gasteiger partial charge in [-0.15, -0.1) is 0 Å². The summed E-state index contributed by atoms with van der Waals surface area (Å²) in [5, 5.41) is 0. The Balaban J connectivity index is 1.69. The van der Waals surface area contributed by atoms with Crippen molar-refractivity contribution in [3.8, 4) is 0 Å². The average Bonchev–Trinajstić information content (AvgIpc) is 3.03. The van der Waals surface area contributed by atoms with E-state index in [1.54, 1.807) is 38.2 Å². The second-order valence-electron chi connectivity index (χ2n) is 7.70. The fourth-order valence-corrected chi connectivity index (χ4v) is 3.55. The molecule has 0 N–H and O–H groups in total. The number of nitrogens with zero attached hydrogens (tertiary/aromatic N) is 2. The van der Waals surface area contributed by atoms with E-state index in [-0.39, 0.29) is 23.0 Å². The molecule has 31 heavy (non-hydrogen) atoms. The Kier molecular flexibility index (Phi) is 6.84. The lowest BCUT2D eigenvalue weighted by molar-refractivity contribution is -0.156. The number of rotatable bonds is 8. The molecule has 1 aliphatic rings. The van der Waals surface area contributed by atoms with Crippen LogP contribution in [0.15, 0.2) is 54.6 Å². The van der Waals surface area contributed by atoms with Gasteiger partial charge >= 0.3 is 5.97 Å².